The van der Waals surface area contributed by atoms with Crippen LogP contribution in [-0.4, -0.2) is 12.5 Å². The number of hydrogen-bond acceptors (Lipinski definition) is 2. The van der Waals surface area contributed by atoms with Gasteiger partial charge in [0.1, 0.15) is 0 Å². The molecule has 3 N–H and O–H groups in total. The van der Waals surface area contributed by atoms with E-state index < -0.39 is 17.0 Å². The van der Waals surface area contributed by atoms with Gasteiger partial charge in [-0.1, -0.05) is 12.8 Å². The van der Waals surface area contributed by atoms with Gasteiger partial charge < -0.3 is 11.1 Å². The van der Waals surface area contributed by atoms with E-state index in [0.717, 1.165) is 37.8 Å². The minimum absolute atomic E-state index is 0.200. The van der Waals surface area contributed by atoms with E-state index in [1.807, 2.05) is 0 Å². The highest BCUT2D eigenvalue weighted by atomic mass is 19.2. The maximum atomic E-state index is 13.0. The molecule has 0 aliphatic heterocycles. The lowest BCUT2D eigenvalue weighted by atomic mass is 9.85. The second-order valence-corrected chi connectivity index (χ2v) is 4.77. The Balaban J connectivity index is 2.13. The van der Waals surface area contributed by atoms with Crippen LogP contribution in [0.2, 0.25) is 0 Å². The number of anilines is 1. The Bertz CT molecular complexity index is 456. The topological polar surface area (TPSA) is 55.1 Å². The Hall–Kier alpha value is -1.49. The molecule has 1 aromatic rings. The molecular formula is C13H16F2N2O. The summed E-state index contributed by atoms with van der Waals surface area (Å²) in [6.45, 7) is 0.280. The number of hydrogen-bond donors (Lipinski definition) is 2. The molecule has 1 fully saturated rings. The smallest absolute Gasteiger partial charge is 0.231 e. The molecule has 0 unspecified atom stereocenters. The Morgan fingerprint density at radius 2 is 1.94 bits per heavy atom. The molecule has 3 nitrogen and oxygen atoms in total. The van der Waals surface area contributed by atoms with Gasteiger partial charge in [0.15, 0.2) is 11.6 Å². The third-order valence-corrected chi connectivity index (χ3v) is 3.61. The van der Waals surface area contributed by atoms with Crippen LogP contribution in [0.25, 0.3) is 0 Å². The number of nitrogens with two attached hydrogens (primary N) is 1. The molecule has 98 valence electrons. The predicted molar refractivity (Wildman–Crippen MR) is 64.9 cm³/mol. The van der Waals surface area contributed by atoms with Gasteiger partial charge in [0.05, 0.1) is 5.41 Å². The Kier molecular flexibility index (Phi) is 3.61. The van der Waals surface area contributed by atoms with Crippen molar-refractivity contribution in [1.29, 1.82) is 0 Å². The van der Waals surface area contributed by atoms with Crippen molar-refractivity contribution < 1.29 is 13.6 Å². The lowest BCUT2D eigenvalue weighted by molar-refractivity contribution is -0.124. The van der Waals surface area contributed by atoms with E-state index in [9.17, 15) is 13.6 Å². The predicted octanol–water partition coefficient (Wildman–Crippen LogP) is 2.42. The van der Waals surface area contributed by atoms with E-state index in [4.69, 9.17) is 5.73 Å². The highest BCUT2D eigenvalue weighted by Gasteiger charge is 2.39. The highest BCUT2D eigenvalue weighted by Crippen LogP contribution is 2.38. The molecule has 0 radical (unpaired) electrons. The molecule has 0 aromatic heterocycles. The van der Waals surface area contributed by atoms with Crippen molar-refractivity contribution in [1.82, 2.24) is 0 Å². The minimum Gasteiger partial charge on any atom is -0.329 e. The van der Waals surface area contributed by atoms with E-state index in [2.05, 4.69) is 5.32 Å². The van der Waals surface area contributed by atoms with Crippen molar-refractivity contribution in [2.75, 3.05) is 11.9 Å². The van der Waals surface area contributed by atoms with Crippen LogP contribution >= 0.6 is 0 Å². The number of rotatable bonds is 3. The largest absolute Gasteiger partial charge is 0.329 e. The van der Waals surface area contributed by atoms with Crippen LogP contribution in [0.15, 0.2) is 18.2 Å². The molecule has 0 saturated heterocycles. The van der Waals surface area contributed by atoms with Gasteiger partial charge in [0.25, 0.3) is 0 Å². The van der Waals surface area contributed by atoms with Gasteiger partial charge in [0.2, 0.25) is 5.91 Å². The lowest BCUT2D eigenvalue weighted by Crippen LogP contribution is -2.40. The summed E-state index contributed by atoms with van der Waals surface area (Å²) in [7, 11) is 0. The molecule has 1 aliphatic carbocycles. The number of halogens is 2. The summed E-state index contributed by atoms with van der Waals surface area (Å²) in [5.41, 5.74) is 5.39. The van der Waals surface area contributed by atoms with Crippen LogP contribution in [0.4, 0.5) is 14.5 Å². The molecule has 0 atom stereocenters. The van der Waals surface area contributed by atoms with Crippen molar-refractivity contribution >= 4 is 11.6 Å². The first kappa shape index (κ1) is 13.0. The fourth-order valence-electron chi connectivity index (χ4n) is 2.41. The third-order valence-electron chi connectivity index (χ3n) is 3.61. The molecule has 2 rings (SSSR count). The van der Waals surface area contributed by atoms with Crippen molar-refractivity contribution in [2.45, 2.75) is 25.7 Å². The summed E-state index contributed by atoms with van der Waals surface area (Å²) in [6, 6.07) is 3.32. The first-order valence-electron chi connectivity index (χ1n) is 6.04. The van der Waals surface area contributed by atoms with Crippen LogP contribution in [-0.2, 0) is 4.79 Å². The molecule has 1 saturated carbocycles. The molecule has 18 heavy (non-hydrogen) atoms. The lowest BCUT2D eigenvalue weighted by Gasteiger charge is -2.25. The standard InChI is InChI=1S/C13H16F2N2O/c14-10-4-3-9(7-11(10)15)17-12(18)13(8-16)5-1-2-6-13/h3-4,7H,1-2,5-6,8,16H2,(H,17,18). The average molecular weight is 254 g/mol. The molecule has 0 heterocycles. The number of benzene rings is 1. The quantitative estimate of drug-likeness (QED) is 0.870. The zero-order chi connectivity index (χ0) is 13.2. The van der Waals surface area contributed by atoms with Gasteiger partial charge in [-0.15, -0.1) is 0 Å². The molecule has 0 spiro atoms. The van der Waals surface area contributed by atoms with Crippen molar-refractivity contribution in [3.8, 4) is 0 Å². The van der Waals surface area contributed by atoms with Crippen LogP contribution in [0, 0.1) is 17.0 Å². The zero-order valence-corrected chi connectivity index (χ0v) is 10.0. The maximum absolute atomic E-state index is 13.0. The van der Waals surface area contributed by atoms with Gasteiger partial charge in [0, 0.05) is 18.3 Å². The number of amides is 1. The van der Waals surface area contributed by atoms with Gasteiger partial charge >= 0.3 is 0 Å². The fourth-order valence-corrected chi connectivity index (χ4v) is 2.41. The average Bonchev–Trinajstić information content (AvgIpc) is 2.84. The molecule has 1 amide bonds. The van der Waals surface area contributed by atoms with Crippen LogP contribution in [0.5, 0.6) is 0 Å². The number of nitrogens with one attached hydrogen (secondary N) is 1. The Labute approximate surface area is 104 Å². The first-order chi connectivity index (χ1) is 8.57. The zero-order valence-electron chi connectivity index (χ0n) is 10.0. The van der Waals surface area contributed by atoms with E-state index in [0.29, 0.717) is 0 Å². The summed E-state index contributed by atoms with van der Waals surface area (Å²) in [4.78, 5) is 12.2. The van der Waals surface area contributed by atoms with Gasteiger partial charge in [-0.05, 0) is 25.0 Å². The Morgan fingerprint density at radius 3 is 2.50 bits per heavy atom. The van der Waals surface area contributed by atoms with E-state index >= 15 is 0 Å². The van der Waals surface area contributed by atoms with Gasteiger partial charge in [-0.25, -0.2) is 8.78 Å². The second-order valence-electron chi connectivity index (χ2n) is 4.77. The number of carbonyl (C=O) groups excluding carboxylic acids is 1. The monoisotopic (exact) mass is 254 g/mol. The SMILES string of the molecule is NCC1(C(=O)Nc2ccc(F)c(F)c2)CCCC1. The van der Waals surface area contributed by atoms with E-state index in [1.165, 1.54) is 6.07 Å². The highest BCUT2D eigenvalue weighted by molar-refractivity contribution is 5.95. The summed E-state index contributed by atoms with van der Waals surface area (Å²) >= 11 is 0. The van der Waals surface area contributed by atoms with E-state index in [-0.39, 0.29) is 18.1 Å². The molecule has 0 bridgehead atoms. The van der Waals surface area contributed by atoms with Crippen LogP contribution in [0.3, 0.4) is 0 Å². The molecule has 1 aromatic carbocycles. The summed E-state index contributed by atoms with van der Waals surface area (Å²) < 4.78 is 25.8. The maximum Gasteiger partial charge on any atom is 0.231 e. The molecule has 1 aliphatic rings. The Morgan fingerprint density at radius 1 is 1.28 bits per heavy atom. The third kappa shape index (κ3) is 2.36. The number of carbonyl (C=O) groups is 1. The van der Waals surface area contributed by atoms with Crippen molar-refractivity contribution in [3.05, 3.63) is 29.8 Å². The fraction of sp³-hybridized carbons (Fsp3) is 0.462. The normalized spacial score (nSPS) is 17.7. The summed E-state index contributed by atoms with van der Waals surface area (Å²) in [6.07, 6.45) is 3.45. The molecular weight excluding hydrogens is 238 g/mol. The van der Waals surface area contributed by atoms with Crippen molar-refractivity contribution in [2.24, 2.45) is 11.1 Å². The second kappa shape index (κ2) is 5.02. The summed E-state index contributed by atoms with van der Waals surface area (Å²) in [5.74, 6) is -2.10. The minimum atomic E-state index is -0.971. The van der Waals surface area contributed by atoms with E-state index in [1.54, 1.807) is 0 Å². The molecule has 5 heteroatoms. The van der Waals surface area contributed by atoms with Gasteiger partial charge in [-0.3, -0.25) is 4.79 Å². The van der Waals surface area contributed by atoms with Crippen LogP contribution < -0.4 is 11.1 Å². The van der Waals surface area contributed by atoms with Crippen molar-refractivity contribution in [3.63, 3.8) is 0 Å². The van der Waals surface area contributed by atoms with Gasteiger partial charge in [-0.2, -0.15) is 0 Å². The summed E-state index contributed by atoms with van der Waals surface area (Å²) in [5, 5.41) is 2.62. The van der Waals surface area contributed by atoms with Crippen LogP contribution in [0.1, 0.15) is 25.7 Å². The first-order valence-corrected chi connectivity index (χ1v) is 6.04.